The molecule has 0 aliphatic rings. The summed E-state index contributed by atoms with van der Waals surface area (Å²) in [5.74, 6) is 0.731. The summed E-state index contributed by atoms with van der Waals surface area (Å²) in [4.78, 5) is 10.7. The molecule has 1 unspecified atom stereocenters. The number of unbranched alkanes of at least 4 members (excludes halogenated alkanes) is 2. The maximum Gasteiger partial charge on any atom is 0.308 e. The second-order valence-electron chi connectivity index (χ2n) is 52.4. The molecule has 0 heterocycles. The highest BCUT2D eigenvalue weighted by molar-refractivity contribution is 5.84. The van der Waals surface area contributed by atoms with Gasteiger partial charge in [0.1, 0.15) is 5.75 Å². The molecule has 0 aromatic heterocycles. The molecular formula is C140H260O2. The number of benzene rings is 3. The van der Waals surface area contributed by atoms with Crippen molar-refractivity contribution in [1.82, 2.24) is 0 Å². The van der Waals surface area contributed by atoms with Gasteiger partial charge in [-0.05, 0) is 272 Å². The molecule has 0 saturated heterocycles. The number of rotatable bonds is 83. The van der Waals surface area contributed by atoms with Gasteiger partial charge in [0.15, 0.2) is 0 Å². The largest absolute Gasteiger partial charge is 0.427 e. The van der Waals surface area contributed by atoms with Crippen molar-refractivity contribution in [2.75, 3.05) is 0 Å². The Bertz CT molecular complexity index is 3250. The lowest BCUT2D eigenvalue weighted by Gasteiger charge is -2.64. The first-order chi connectivity index (χ1) is 67.4. The topological polar surface area (TPSA) is 26.3 Å². The van der Waals surface area contributed by atoms with Crippen LogP contribution in [0.4, 0.5) is 0 Å². The zero-order chi connectivity index (χ0) is 108. The molecule has 0 spiro atoms. The van der Waals surface area contributed by atoms with Crippen molar-refractivity contribution in [1.29, 1.82) is 0 Å². The van der Waals surface area contributed by atoms with Gasteiger partial charge in [0, 0.05) is 6.92 Å². The molecule has 0 aliphatic heterocycles. The van der Waals surface area contributed by atoms with Crippen LogP contribution in [0.15, 0.2) is 72.8 Å². The van der Waals surface area contributed by atoms with Crippen molar-refractivity contribution in [2.24, 2.45) is 103 Å². The van der Waals surface area contributed by atoms with Crippen molar-refractivity contribution in [2.45, 2.75) is 688 Å². The average molecular weight is 1980 g/mol. The maximum atomic E-state index is 10.7. The number of carbonyl (C=O) groups is 1. The molecular weight excluding hydrogens is 1710 g/mol. The second kappa shape index (κ2) is 62.5. The Labute approximate surface area is 895 Å². The number of hydrogen-bond acceptors (Lipinski definition) is 2. The van der Waals surface area contributed by atoms with Crippen LogP contribution in [0, 0.1) is 103 Å². The summed E-state index contributed by atoms with van der Waals surface area (Å²) >= 11 is 0. The van der Waals surface area contributed by atoms with E-state index < -0.39 is 0 Å². The Morgan fingerprint density at radius 3 is 0.577 bits per heavy atom. The number of carbonyl (C=O) groups excluding carboxylic acids is 1. The standard InChI is InChI=1S/C128H250.C12H10O2/c1-41-81-85-88-122(79-39,80-40)102-128(106-126(96-116(61-21,62-22)63-23,97-117(64-24,65-25)66-26)98-118(67-27,68-28)69-29,107-127(99-119(70-30,71-31)72-32,100-120(73-33,74-34)75-35)101-121(76-36,77-37)78-38)105-123(89-108(42-2)109-86-83-82-84-87-109,103-124(90-110(43-3,44-4)45-5,91-111(46-6,47-7)48-8)92-112(49-9,50-10)51-11)104-125(93-113(52-12,53-13)54-14,94-114(55-15,56-16)57-17)95-115(58-18,59-19)60-20;1-9(13)14-12-7-6-10-4-2-3-5-11(10)8-12/h82-84,86-87,108H,41-81,85,88-107H2,1-40H3;2-8H,1H3. The van der Waals surface area contributed by atoms with E-state index in [-0.39, 0.29) is 109 Å². The third-order valence-corrected chi connectivity index (χ3v) is 47.7. The number of ether oxygens (including phenoxy) is 1. The minimum atomic E-state index is -0.291. The van der Waals surface area contributed by atoms with E-state index >= 15 is 0 Å². The summed E-state index contributed by atoms with van der Waals surface area (Å²) in [6, 6.07) is 26.5. The second-order valence-corrected chi connectivity index (χ2v) is 52.4. The summed E-state index contributed by atoms with van der Waals surface area (Å²) in [5.41, 5.74) is 4.76. The van der Waals surface area contributed by atoms with Gasteiger partial charge in [0.2, 0.25) is 0 Å². The van der Waals surface area contributed by atoms with Crippen LogP contribution in [-0.4, -0.2) is 5.97 Å². The van der Waals surface area contributed by atoms with Crippen molar-refractivity contribution < 1.29 is 9.53 Å². The highest BCUT2D eigenvalue weighted by atomic mass is 16.5. The van der Waals surface area contributed by atoms with Gasteiger partial charge in [-0.25, -0.2) is 0 Å². The molecule has 0 radical (unpaired) electrons. The fraction of sp³-hybridized carbons (Fsp3) is 0.879. The van der Waals surface area contributed by atoms with Crippen LogP contribution in [0.3, 0.4) is 0 Å². The Morgan fingerprint density at radius 2 is 0.387 bits per heavy atom. The molecule has 3 aromatic carbocycles. The molecule has 0 aliphatic carbocycles. The van der Waals surface area contributed by atoms with Crippen molar-refractivity contribution in [3.05, 3.63) is 78.4 Å². The summed E-state index contributed by atoms with van der Waals surface area (Å²) in [6.45, 7) is 111. The van der Waals surface area contributed by atoms with Crippen LogP contribution >= 0.6 is 0 Å². The molecule has 3 aromatic rings. The zero-order valence-corrected chi connectivity index (χ0v) is 105. The first kappa shape index (κ1) is 135. The number of fused-ring (bicyclic) bond motifs is 1. The van der Waals surface area contributed by atoms with E-state index in [1.54, 1.807) is 11.6 Å². The Balaban J connectivity index is 0.00000441. The normalized spacial score (nSPS) is 14.3. The zero-order valence-electron chi connectivity index (χ0n) is 105. The van der Waals surface area contributed by atoms with Crippen molar-refractivity contribution in [3.8, 4) is 5.75 Å². The number of esters is 1. The van der Waals surface area contributed by atoms with E-state index in [0.29, 0.717) is 11.7 Å². The first-order valence-corrected chi connectivity index (χ1v) is 64.1. The lowest BCUT2D eigenvalue weighted by molar-refractivity contribution is -0.132. The van der Waals surface area contributed by atoms with Gasteiger partial charge in [-0.15, -0.1) is 0 Å². The lowest BCUT2D eigenvalue weighted by atomic mass is 9.41. The smallest absolute Gasteiger partial charge is 0.308 e. The third kappa shape index (κ3) is 35.5. The Morgan fingerprint density at radius 1 is 0.204 bits per heavy atom. The van der Waals surface area contributed by atoms with Gasteiger partial charge in [-0.1, -0.05) is 601 Å². The minimum absolute atomic E-state index is 0.0588. The molecule has 0 bridgehead atoms. The molecule has 1 atom stereocenters. The SMILES string of the molecule is CC(=O)Oc1ccc2ccccc2c1.CCCCCC(CC)(CC)CC(CC(CC(CC)c1ccccc1)(CC(CC(CC)(CC)CC)(CC(CC)(CC)CC)CC(CC)(CC)CC)CC(CC(CC)(CC)CC)(CC(CC)(CC)CC)CC(CC)(CC)CC)(CC(CC(CC)(CC)CC)(CC(CC)(CC)CC)CC(CC)(CC)CC)CC(CC(CC)(CC)CC)(CC(CC)(CC)CC)CC(CC)(CC)CC. The molecule has 0 N–H and O–H groups in total. The maximum absolute atomic E-state index is 10.7. The summed E-state index contributed by atoms with van der Waals surface area (Å²) in [5, 5.41) is 2.22. The van der Waals surface area contributed by atoms with E-state index in [9.17, 15) is 4.79 Å². The highest BCUT2D eigenvalue weighted by Crippen LogP contribution is 2.75. The molecule has 2 heteroatoms. The van der Waals surface area contributed by atoms with Gasteiger partial charge in [0.05, 0.1) is 0 Å². The van der Waals surface area contributed by atoms with Crippen molar-refractivity contribution >= 4 is 16.7 Å². The van der Waals surface area contributed by atoms with E-state index in [4.69, 9.17) is 4.74 Å². The molecule has 0 saturated carbocycles. The van der Waals surface area contributed by atoms with Crippen LogP contribution in [0.5, 0.6) is 5.75 Å². The minimum Gasteiger partial charge on any atom is -0.427 e. The van der Waals surface area contributed by atoms with Crippen LogP contribution in [0.2, 0.25) is 0 Å². The van der Waals surface area contributed by atoms with E-state index in [2.05, 4.69) is 307 Å². The molecule has 0 fully saturated rings. The van der Waals surface area contributed by atoms with Crippen LogP contribution in [-0.2, 0) is 4.79 Å². The predicted octanol–water partition coefficient (Wildman–Crippen LogP) is 49.3. The predicted molar refractivity (Wildman–Crippen MR) is 644 cm³/mol. The summed E-state index contributed by atoms with van der Waals surface area (Å²) in [7, 11) is 0. The average Bonchev–Trinajstić information content (AvgIpc) is 0.716. The fourth-order valence-corrected chi connectivity index (χ4v) is 34.9. The fourth-order valence-electron chi connectivity index (χ4n) is 34.9. The van der Waals surface area contributed by atoms with Gasteiger partial charge in [-0.3, -0.25) is 4.79 Å². The third-order valence-electron chi connectivity index (χ3n) is 47.7. The summed E-state index contributed by atoms with van der Waals surface area (Å²) in [6.07, 6.45) is 82.0. The Kier molecular flexibility index (Phi) is 59.6. The number of hydrogen-bond donors (Lipinski definition) is 0. The lowest BCUT2D eigenvalue weighted by Crippen LogP contribution is -2.53. The Hall–Kier alpha value is -2.61. The summed E-state index contributed by atoms with van der Waals surface area (Å²) < 4.78 is 4.98. The van der Waals surface area contributed by atoms with Gasteiger partial charge >= 0.3 is 5.97 Å². The van der Waals surface area contributed by atoms with Crippen molar-refractivity contribution in [3.63, 3.8) is 0 Å². The van der Waals surface area contributed by atoms with Gasteiger partial charge in [0.25, 0.3) is 0 Å². The van der Waals surface area contributed by atoms with Gasteiger partial charge in [-0.2, -0.15) is 0 Å². The van der Waals surface area contributed by atoms with E-state index in [1.165, 1.54) is 405 Å². The van der Waals surface area contributed by atoms with Crippen LogP contribution in [0.25, 0.3) is 10.8 Å². The molecule has 2 nitrogen and oxygen atoms in total. The molecule has 3 rings (SSSR count). The molecule has 0 amide bonds. The monoisotopic (exact) mass is 1970 g/mol. The van der Waals surface area contributed by atoms with Gasteiger partial charge < -0.3 is 4.74 Å². The van der Waals surface area contributed by atoms with E-state index in [1.807, 2.05) is 36.4 Å². The van der Waals surface area contributed by atoms with E-state index in [0.717, 1.165) is 10.8 Å². The molecule has 832 valence electrons. The quantitative estimate of drug-likeness (QED) is 0.0320. The highest BCUT2D eigenvalue weighted by Gasteiger charge is 2.63. The van der Waals surface area contributed by atoms with Crippen LogP contribution < -0.4 is 4.74 Å². The first-order valence-electron chi connectivity index (χ1n) is 64.1. The molecule has 142 heavy (non-hydrogen) atoms. The van der Waals surface area contributed by atoms with Crippen LogP contribution in [0.1, 0.15) is 693 Å².